The summed E-state index contributed by atoms with van der Waals surface area (Å²) in [6.45, 7) is 9.45. The molecule has 21 heavy (non-hydrogen) atoms. The number of benzene rings is 1. The lowest BCUT2D eigenvalue weighted by Crippen LogP contribution is -2.37. The molecule has 0 aromatic heterocycles. The van der Waals surface area contributed by atoms with E-state index in [2.05, 4.69) is 55.4 Å². The third kappa shape index (κ3) is 5.10. The lowest BCUT2D eigenvalue weighted by molar-refractivity contribution is 0.0409. The molecule has 1 heterocycles. The summed E-state index contributed by atoms with van der Waals surface area (Å²) >= 11 is 0. The molecule has 2 unspecified atom stereocenters. The first-order valence-corrected chi connectivity index (χ1v) is 8.26. The van der Waals surface area contributed by atoms with Gasteiger partial charge in [0.15, 0.2) is 0 Å². The molecule has 3 heteroatoms. The van der Waals surface area contributed by atoms with Crippen molar-refractivity contribution in [3.8, 4) is 0 Å². The summed E-state index contributed by atoms with van der Waals surface area (Å²) in [7, 11) is 2.23. The van der Waals surface area contributed by atoms with Crippen molar-refractivity contribution in [2.45, 2.75) is 32.7 Å². The monoisotopic (exact) mass is 290 g/mol. The fourth-order valence-corrected chi connectivity index (χ4v) is 3.28. The fraction of sp³-hybridized carbons (Fsp3) is 0.667. The zero-order chi connectivity index (χ0) is 15.1. The Labute approximate surface area is 129 Å². The van der Waals surface area contributed by atoms with E-state index in [4.69, 9.17) is 4.74 Å². The second-order valence-electron chi connectivity index (χ2n) is 6.27. The van der Waals surface area contributed by atoms with Gasteiger partial charge in [-0.15, -0.1) is 0 Å². The van der Waals surface area contributed by atoms with Crippen molar-refractivity contribution < 1.29 is 4.74 Å². The number of ether oxygens (including phenoxy) is 1. The minimum Gasteiger partial charge on any atom is -0.381 e. The molecule has 3 nitrogen and oxygen atoms in total. The maximum atomic E-state index is 5.60. The molecular formula is C18H30N2O. The Kier molecular flexibility index (Phi) is 6.68. The number of hydrogen-bond acceptors (Lipinski definition) is 3. The molecule has 0 saturated carbocycles. The summed E-state index contributed by atoms with van der Waals surface area (Å²) in [4.78, 5) is 2.46. The zero-order valence-electron chi connectivity index (χ0n) is 13.8. The number of likely N-dealkylation sites (N-methyl/N-ethyl adjacent to an activating group) is 2. The van der Waals surface area contributed by atoms with Crippen LogP contribution in [-0.4, -0.2) is 44.8 Å². The second-order valence-corrected chi connectivity index (χ2v) is 6.27. The Hall–Kier alpha value is -0.900. The Morgan fingerprint density at radius 1 is 1.38 bits per heavy atom. The second kappa shape index (κ2) is 8.52. The molecule has 0 aliphatic carbocycles. The van der Waals surface area contributed by atoms with Gasteiger partial charge in [0.1, 0.15) is 0 Å². The van der Waals surface area contributed by atoms with Crippen molar-refractivity contribution in [1.82, 2.24) is 10.2 Å². The van der Waals surface area contributed by atoms with Gasteiger partial charge in [-0.2, -0.15) is 0 Å². The zero-order valence-corrected chi connectivity index (χ0v) is 13.8. The highest BCUT2D eigenvalue weighted by molar-refractivity contribution is 5.29. The van der Waals surface area contributed by atoms with Crippen molar-refractivity contribution in [3.05, 3.63) is 35.4 Å². The van der Waals surface area contributed by atoms with E-state index in [0.717, 1.165) is 32.8 Å². The molecule has 0 bridgehead atoms. The van der Waals surface area contributed by atoms with Crippen molar-refractivity contribution in [1.29, 1.82) is 0 Å². The van der Waals surface area contributed by atoms with Gasteiger partial charge in [-0.25, -0.2) is 0 Å². The minimum absolute atomic E-state index is 0.408. The Morgan fingerprint density at radius 2 is 2.19 bits per heavy atom. The molecule has 2 atom stereocenters. The van der Waals surface area contributed by atoms with Crippen LogP contribution in [-0.2, 0) is 4.74 Å². The van der Waals surface area contributed by atoms with Crippen LogP contribution in [0.25, 0.3) is 0 Å². The summed E-state index contributed by atoms with van der Waals surface area (Å²) in [5.74, 6) is 0.697. The lowest BCUT2D eigenvalue weighted by atomic mass is 9.99. The van der Waals surface area contributed by atoms with E-state index >= 15 is 0 Å². The molecular weight excluding hydrogens is 260 g/mol. The first-order chi connectivity index (χ1) is 10.2. The van der Waals surface area contributed by atoms with E-state index in [9.17, 15) is 0 Å². The molecule has 1 aliphatic heterocycles. The molecule has 0 amide bonds. The van der Waals surface area contributed by atoms with Gasteiger partial charge in [-0.1, -0.05) is 31.2 Å². The van der Waals surface area contributed by atoms with Gasteiger partial charge in [0.05, 0.1) is 6.61 Å². The SMILES string of the molecule is CCNC(CN(C)CC1CCCOC1)c1ccccc1C. The van der Waals surface area contributed by atoms with Gasteiger partial charge in [0.2, 0.25) is 0 Å². The highest BCUT2D eigenvalue weighted by Crippen LogP contribution is 2.20. The van der Waals surface area contributed by atoms with Crippen molar-refractivity contribution in [2.75, 3.05) is 39.9 Å². The van der Waals surface area contributed by atoms with Crippen molar-refractivity contribution in [3.63, 3.8) is 0 Å². The van der Waals surface area contributed by atoms with Crippen molar-refractivity contribution >= 4 is 0 Å². The molecule has 2 rings (SSSR count). The molecule has 1 N–H and O–H groups in total. The topological polar surface area (TPSA) is 24.5 Å². The quantitative estimate of drug-likeness (QED) is 0.835. The van der Waals surface area contributed by atoms with E-state index in [1.165, 1.54) is 24.0 Å². The van der Waals surface area contributed by atoms with Crippen LogP contribution in [0.2, 0.25) is 0 Å². The summed E-state index contributed by atoms with van der Waals surface area (Å²) < 4.78 is 5.60. The first-order valence-electron chi connectivity index (χ1n) is 8.26. The van der Waals surface area contributed by atoms with Crippen LogP contribution < -0.4 is 5.32 Å². The van der Waals surface area contributed by atoms with Crippen LogP contribution in [0.4, 0.5) is 0 Å². The molecule has 1 aliphatic rings. The van der Waals surface area contributed by atoms with Gasteiger partial charge in [-0.05, 0) is 50.4 Å². The number of nitrogens with zero attached hydrogens (tertiary/aromatic N) is 1. The highest BCUT2D eigenvalue weighted by atomic mass is 16.5. The number of aryl methyl sites for hydroxylation is 1. The van der Waals surface area contributed by atoms with E-state index in [1.54, 1.807) is 0 Å². The lowest BCUT2D eigenvalue weighted by Gasteiger charge is -2.30. The van der Waals surface area contributed by atoms with E-state index in [1.807, 2.05) is 0 Å². The van der Waals surface area contributed by atoms with E-state index in [-0.39, 0.29) is 0 Å². The molecule has 118 valence electrons. The number of hydrogen-bond donors (Lipinski definition) is 1. The smallest absolute Gasteiger partial charge is 0.0506 e. The third-order valence-corrected chi connectivity index (χ3v) is 4.33. The Morgan fingerprint density at radius 3 is 2.86 bits per heavy atom. The molecule has 1 saturated heterocycles. The van der Waals surface area contributed by atoms with Gasteiger partial charge in [-0.3, -0.25) is 0 Å². The number of rotatable bonds is 7. The number of nitrogens with one attached hydrogen (secondary N) is 1. The van der Waals surface area contributed by atoms with Crippen LogP contribution in [0.1, 0.15) is 36.9 Å². The van der Waals surface area contributed by atoms with Gasteiger partial charge >= 0.3 is 0 Å². The standard InChI is InChI=1S/C18H30N2O/c1-4-19-18(17-10-6-5-8-15(17)2)13-20(3)12-16-9-7-11-21-14-16/h5-6,8,10,16,18-19H,4,7,9,11-14H2,1-3H3. The average Bonchev–Trinajstić information content (AvgIpc) is 2.48. The predicted octanol–water partition coefficient (Wildman–Crippen LogP) is 3.00. The van der Waals surface area contributed by atoms with Crippen molar-refractivity contribution in [2.24, 2.45) is 5.92 Å². The summed E-state index contributed by atoms with van der Waals surface area (Å²) in [5, 5.41) is 3.63. The van der Waals surface area contributed by atoms with Crippen LogP contribution >= 0.6 is 0 Å². The largest absolute Gasteiger partial charge is 0.381 e. The normalized spacial score (nSPS) is 20.7. The highest BCUT2D eigenvalue weighted by Gasteiger charge is 2.19. The van der Waals surface area contributed by atoms with Crippen LogP contribution in [0.3, 0.4) is 0 Å². The molecule has 0 radical (unpaired) electrons. The van der Waals surface area contributed by atoms with Crippen LogP contribution in [0.15, 0.2) is 24.3 Å². The summed E-state index contributed by atoms with van der Waals surface area (Å²) in [6.07, 6.45) is 2.52. The third-order valence-electron chi connectivity index (χ3n) is 4.33. The summed E-state index contributed by atoms with van der Waals surface area (Å²) in [5.41, 5.74) is 2.80. The van der Waals surface area contributed by atoms with Gasteiger partial charge in [0.25, 0.3) is 0 Å². The van der Waals surface area contributed by atoms with Gasteiger partial charge in [0, 0.05) is 25.7 Å². The predicted molar refractivity (Wildman–Crippen MR) is 88.6 cm³/mol. The first kappa shape index (κ1) is 16.5. The van der Waals surface area contributed by atoms with Crippen LogP contribution in [0.5, 0.6) is 0 Å². The fourth-order valence-electron chi connectivity index (χ4n) is 3.28. The average molecular weight is 290 g/mol. The Balaban J connectivity index is 1.94. The summed E-state index contributed by atoms with van der Waals surface area (Å²) in [6, 6.07) is 9.12. The van der Waals surface area contributed by atoms with Gasteiger partial charge < -0.3 is 15.0 Å². The maximum absolute atomic E-state index is 5.60. The Bertz CT molecular complexity index is 415. The van der Waals surface area contributed by atoms with Crippen LogP contribution in [0, 0.1) is 12.8 Å². The molecule has 1 aromatic carbocycles. The molecule has 1 aromatic rings. The molecule has 0 spiro atoms. The van der Waals surface area contributed by atoms with E-state index < -0.39 is 0 Å². The molecule has 1 fully saturated rings. The maximum Gasteiger partial charge on any atom is 0.0506 e. The van der Waals surface area contributed by atoms with E-state index in [0.29, 0.717) is 12.0 Å². The minimum atomic E-state index is 0.408.